The van der Waals surface area contributed by atoms with E-state index < -0.39 is 15.9 Å². The van der Waals surface area contributed by atoms with Crippen LogP contribution in [0.5, 0.6) is 0 Å². The molecule has 0 aliphatic carbocycles. The van der Waals surface area contributed by atoms with Crippen molar-refractivity contribution >= 4 is 15.9 Å². The monoisotopic (exact) mass is 287 g/mol. The highest BCUT2D eigenvalue weighted by molar-refractivity contribution is 7.89. The minimum Gasteiger partial charge on any atom is -0.369 e. The first-order chi connectivity index (χ1) is 9.01. The maximum Gasteiger partial charge on any atom is 0.260 e. The van der Waals surface area contributed by atoms with E-state index in [2.05, 4.69) is 15.5 Å². The van der Waals surface area contributed by atoms with Gasteiger partial charge in [-0.2, -0.15) is 9.40 Å². The van der Waals surface area contributed by atoms with Crippen molar-refractivity contribution in [3.63, 3.8) is 0 Å². The predicted octanol–water partition coefficient (Wildman–Crippen LogP) is -1.36. The summed E-state index contributed by atoms with van der Waals surface area (Å²) in [7, 11) is -3.77. The summed E-state index contributed by atoms with van der Waals surface area (Å²) in [6, 6.07) is 1.15. The number of nitrogens with zero attached hydrogens (tertiary/aromatic N) is 2. The molecule has 0 atom stereocenters. The number of H-pyrrole nitrogens is 1. The fourth-order valence-corrected chi connectivity index (χ4v) is 3.73. The molecule has 1 aliphatic heterocycles. The molecule has 106 valence electrons. The minimum atomic E-state index is -3.77. The molecule has 1 amide bonds. The maximum atomic E-state index is 12.5. The molecule has 0 radical (unpaired) electrons. The quantitative estimate of drug-likeness (QED) is 0.617. The standard InChI is InChI=1S/C10H17N5O3S/c11-9(16)7-15(8-1-4-12-5-2-8)19(17,18)10-3-6-13-14-10/h3,6,8,12H,1-2,4-5,7H2,(H2,11,16)(H,13,14). The average Bonchev–Trinajstić information content (AvgIpc) is 2.91. The lowest BCUT2D eigenvalue weighted by Gasteiger charge is -2.32. The van der Waals surface area contributed by atoms with Crippen LogP contribution in [0, 0.1) is 0 Å². The van der Waals surface area contributed by atoms with E-state index in [1.165, 1.54) is 16.6 Å². The van der Waals surface area contributed by atoms with Crippen molar-refractivity contribution in [2.45, 2.75) is 23.9 Å². The average molecular weight is 287 g/mol. The predicted molar refractivity (Wildman–Crippen MR) is 67.6 cm³/mol. The summed E-state index contributed by atoms with van der Waals surface area (Å²) in [5.41, 5.74) is 5.16. The van der Waals surface area contributed by atoms with Gasteiger partial charge in [-0.05, 0) is 32.0 Å². The number of hydrogen-bond donors (Lipinski definition) is 3. The van der Waals surface area contributed by atoms with E-state index in [4.69, 9.17) is 5.73 Å². The molecule has 1 fully saturated rings. The Kier molecular flexibility index (Phi) is 4.17. The third kappa shape index (κ3) is 3.11. The first-order valence-corrected chi connectivity index (χ1v) is 7.46. The number of aromatic nitrogens is 2. The van der Waals surface area contributed by atoms with Crippen molar-refractivity contribution in [2.75, 3.05) is 19.6 Å². The molecule has 0 unspecified atom stereocenters. The molecule has 2 rings (SSSR count). The number of carbonyl (C=O) groups is 1. The van der Waals surface area contributed by atoms with Crippen molar-refractivity contribution in [1.29, 1.82) is 0 Å². The van der Waals surface area contributed by atoms with Gasteiger partial charge in [-0.3, -0.25) is 9.89 Å². The van der Waals surface area contributed by atoms with Gasteiger partial charge in [0, 0.05) is 6.04 Å². The lowest BCUT2D eigenvalue weighted by Crippen LogP contribution is -2.49. The SMILES string of the molecule is NC(=O)CN(C1CCNCC1)S(=O)(=O)c1ccn[nH]1. The Hall–Kier alpha value is -1.45. The molecule has 19 heavy (non-hydrogen) atoms. The number of rotatable bonds is 5. The number of piperidine rings is 1. The van der Waals surface area contributed by atoms with Crippen LogP contribution in [0.15, 0.2) is 17.3 Å². The van der Waals surface area contributed by atoms with Crippen molar-refractivity contribution in [3.05, 3.63) is 12.3 Å². The Morgan fingerprint density at radius 1 is 1.47 bits per heavy atom. The highest BCUT2D eigenvalue weighted by Crippen LogP contribution is 2.20. The van der Waals surface area contributed by atoms with Crippen LogP contribution in [0.1, 0.15) is 12.8 Å². The molecule has 1 aromatic heterocycles. The van der Waals surface area contributed by atoms with E-state index in [1.807, 2.05) is 0 Å². The lowest BCUT2D eigenvalue weighted by molar-refractivity contribution is -0.118. The third-order valence-electron chi connectivity index (χ3n) is 3.09. The summed E-state index contributed by atoms with van der Waals surface area (Å²) in [5.74, 6) is -0.665. The molecule has 1 aliphatic rings. The first-order valence-electron chi connectivity index (χ1n) is 6.02. The Bertz CT molecular complexity index is 521. The van der Waals surface area contributed by atoms with Crippen LogP contribution in [-0.2, 0) is 14.8 Å². The van der Waals surface area contributed by atoms with Gasteiger partial charge in [0.15, 0.2) is 5.03 Å². The first kappa shape index (κ1) is 14.0. The van der Waals surface area contributed by atoms with Gasteiger partial charge < -0.3 is 11.1 Å². The summed E-state index contributed by atoms with van der Waals surface area (Å²) < 4.78 is 26.1. The molecule has 0 saturated carbocycles. The van der Waals surface area contributed by atoms with Crippen molar-refractivity contribution in [3.8, 4) is 0 Å². The number of sulfonamides is 1. The minimum absolute atomic E-state index is 0.0210. The topological polar surface area (TPSA) is 121 Å². The van der Waals surface area contributed by atoms with E-state index in [1.54, 1.807) is 0 Å². The number of aromatic amines is 1. The van der Waals surface area contributed by atoms with E-state index in [0.29, 0.717) is 12.8 Å². The molecule has 0 aromatic carbocycles. The smallest absolute Gasteiger partial charge is 0.260 e. The molecule has 2 heterocycles. The normalized spacial score (nSPS) is 17.7. The van der Waals surface area contributed by atoms with Gasteiger partial charge in [0.05, 0.1) is 12.7 Å². The summed E-state index contributed by atoms with van der Waals surface area (Å²) in [4.78, 5) is 11.1. The van der Waals surface area contributed by atoms with Crippen LogP contribution >= 0.6 is 0 Å². The molecule has 4 N–H and O–H groups in total. The molecule has 0 bridgehead atoms. The van der Waals surface area contributed by atoms with E-state index >= 15 is 0 Å². The third-order valence-corrected chi connectivity index (χ3v) is 4.92. The number of amides is 1. The number of carbonyl (C=O) groups excluding carboxylic acids is 1. The Morgan fingerprint density at radius 2 is 2.16 bits per heavy atom. The largest absolute Gasteiger partial charge is 0.369 e. The van der Waals surface area contributed by atoms with Gasteiger partial charge in [-0.1, -0.05) is 0 Å². The molecular weight excluding hydrogens is 270 g/mol. The number of hydrogen-bond acceptors (Lipinski definition) is 5. The zero-order chi connectivity index (χ0) is 13.9. The van der Waals surface area contributed by atoms with Crippen LogP contribution in [0.4, 0.5) is 0 Å². The van der Waals surface area contributed by atoms with Crippen molar-refractivity contribution in [1.82, 2.24) is 19.8 Å². The van der Waals surface area contributed by atoms with Crippen LogP contribution < -0.4 is 11.1 Å². The maximum absolute atomic E-state index is 12.5. The highest BCUT2D eigenvalue weighted by atomic mass is 32.2. The van der Waals surface area contributed by atoms with Crippen LogP contribution in [0.2, 0.25) is 0 Å². The van der Waals surface area contributed by atoms with Crippen LogP contribution in [-0.4, -0.2) is 54.5 Å². The van der Waals surface area contributed by atoms with Gasteiger partial charge in [-0.25, -0.2) is 8.42 Å². The zero-order valence-electron chi connectivity index (χ0n) is 10.4. The Labute approximate surface area is 111 Å². The van der Waals surface area contributed by atoms with Crippen LogP contribution in [0.3, 0.4) is 0 Å². The summed E-state index contributed by atoms with van der Waals surface area (Å²) >= 11 is 0. The second kappa shape index (κ2) is 5.68. The summed E-state index contributed by atoms with van der Waals surface area (Å²) in [6.07, 6.45) is 2.67. The number of nitrogens with two attached hydrogens (primary N) is 1. The fraction of sp³-hybridized carbons (Fsp3) is 0.600. The highest BCUT2D eigenvalue weighted by Gasteiger charge is 2.34. The van der Waals surface area contributed by atoms with Crippen molar-refractivity contribution < 1.29 is 13.2 Å². The zero-order valence-corrected chi connectivity index (χ0v) is 11.2. The second-order valence-electron chi connectivity index (χ2n) is 4.42. The van der Waals surface area contributed by atoms with E-state index in [9.17, 15) is 13.2 Å². The van der Waals surface area contributed by atoms with E-state index in [-0.39, 0.29) is 17.6 Å². The van der Waals surface area contributed by atoms with Gasteiger partial charge in [0.1, 0.15) is 0 Å². The van der Waals surface area contributed by atoms with Crippen molar-refractivity contribution in [2.24, 2.45) is 5.73 Å². The molecule has 1 saturated heterocycles. The Morgan fingerprint density at radius 3 is 2.68 bits per heavy atom. The lowest BCUT2D eigenvalue weighted by atomic mass is 10.1. The number of nitrogens with one attached hydrogen (secondary N) is 2. The van der Waals surface area contributed by atoms with Crippen LogP contribution in [0.25, 0.3) is 0 Å². The Balaban J connectivity index is 2.28. The molecular formula is C10H17N5O3S. The van der Waals surface area contributed by atoms with Gasteiger partial charge >= 0.3 is 0 Å². The summed E-state index contributed by atoms with van der Waals surface area (Å²) in [5, 5.41) is 9.19. The summed E-state index contributed by atoms with van der Waals surface area (Å²) in [6.45, 7) is 1.13. The van der Waals surface area contributed by atoms with Gasteiger partial charge in [0.2, 0.25) is 5.91 Å². The van der Waals surface area contributed by atoms with Gasteiger partial charge in [0.25, 0.3) is 10.0 Å². The van der Waals surface area contributed by atoms with E-state index in [0.717, 1.165) is 13.1 Å². The molecule has 8 nitrogen and oxygen atoms in total. The fourth-order valence-electron chi connectivity index (χ4n) is 2.17. The molecule has 1 aromatic rings. The molecule has 0 spiro atoms. The van der Waals surface area contributed by atoms with Gasteiger partial charge in [-0.15, -0.1) is 0 Å². The molecule has 9 heteroatoms. The second-order valence-corrected chi connectivity index (χ2v) is 6.28. The number of primary amides is 1.